The van der Waals surface area contributed by atoms with Gasteiger partial charge in [-0.3, -0.25) is 14.8 Å². The Bertz CT molecular complexity index is 1040. The van der Waals surface area contributed by atoms with Gasteiger partial charge >= 0.3 is 0 Å². The van der Waals surface area contributed by atoms with Gasteiger partial charge in [-0.1, -0.05) is 30.3 Å². The number of anilines is 1. The molecule has 0 saturated carbocycles. The number of nitrogens with zero attached hydrogens (tertiary/aromatic N) is 3. The van der Waals surface area contributed by atoms with E-state index in [4.69, 9.17) is 4.74 Å². The van der Waals surface area contributed by atoms with Crippen LogP contribution < -0.4 is 15.4 Å². The van der Waals surface area contributed by atoms with Crippen LogP contribution in [0.15, 0.2) is 59.6 Å². The van der Waals surface area contributed by atoms with Gasteiger partial charge in [-0.25, -0.2) is 4.99 Å². The largest absolute Gasteiger partial charge is 0.495 e. The molecule has 0 aliphatic rings. The molecule has 0 unspecified atom stereocenters. The van der Waals surface area contributed by atoms with Crippen molar-refractivity contribution >= 4 is 17.6 Å². The lowest BCUT2D eigenvalue weighted by Gasteiger charge is -2.14. The third kappa shape index (κ3) is 4.86. The fourth-order valence-electron chi connectivity index (χ4n) is 3.18. The Morgan fingerprint density at radius 3 is 2.47 bits per heavy atom. The minimum atomic E-state index is -0.241. The summed E-state index contributed by atoms with van der Waals surface area (Å²) in [5, 5.41) is 10.6. The highest BCUT2D eigenvalue weighted by molar-refractivity contribution is 6.10. The number of rotatable bonds is 6. The summed E-state index contributed by atoms with van der Waals surface area (Å²) in [6.07, 6.45) is 0. The maximum absolute atomic E-state index is 12.7. The lowest BCUT2D eigenvalue weighted by atomic mass is 10.2. The SMILES string of the molecule is CCn1nc(C)c(CN=C(NC(=O)c2ccccc2)Nc2ccccc2OC)c1C. The molecule has 1 amide bonds. The zero-order chi connectivity index (χ0) is 21.5. The summed E-state index contributed by atoms with van der Waals surface area (Å²) in [6, 6.07) is 16.5. The van der Waals surface area contributed by atoms with E-state index in [1.807, 2.05) is 61.0 Å². The van der Waals surface area contributed by atoms with E-state index >= 15 is 0 Å². The normalized spacial score (nSPS) is 11.3. The van der Waals surface area contributed by atoms with E-state index in [0.717, 1.165) is 23.5 Å². The van der Waals surface area contributed by atoms with Crippen molar-refractivity contribution in [1.29, 1.82) is 0 Å². The Kier molecular flexibility index (Phi) is 6.85. The van der Waals surface area contributed by atoms with Crippen molar-refractivity contribution in [2.75, 3.05) is 12.4 Å². The van der Waals surface area contributed by atoms with Gasteiger partial charge in [-0.15, -0.1) is 0 Å². The number of carbonyl (C=O) groups excluding carboxylic acids is 1. The van der Waals surface area contributed by atoms with E-state index in [9.17, 15) is 4.79 Å². The Morgan fingerprint density at radius 1 is 1.10 bits per heavy atom. The van der Waals surface area contributed by atoms with E-state index < -0.39 is 0 Å². The molecule has 0 fully saturated rings. The summed E-state index contributed by atoms with van der Waals surface area (Å²) >= 11 is 0. The molecule has 0 aliphatic carbocycles. The second kappa shape index (κ2) is 9.73. The molecule has 0 atom stereocenters. The second-order valence-corrected chi connectivity index (χ2v) is 6.78. The Hall–Kier alpha value is -3.61. The number of carbonyl (C=O) groups is 1. The van der Waals surface area contributed by atoms with Crippen molar-refractivity contribution in [2.45, 2.75) is 33.9 Å². The van der Waals surface area contributed by atoms with Crippen LogP contribution in [0.5, 0.6) is 5.75 Å². The van der Waals surface area contributed by atoms with Crippen LogP contribution in [0.3, 0.4) is 0 Å². The molecule has 7 heteroatoms. The number of aliphatic imine (C=N–C) groups is 1. The van der Waals surface area contributed by atoms with Gasteiger partial charge in [0.2, 0.25) is 5.96 Å². The van der Waals surface area contributed by atoms with Crippen molar-refractivity contribution in [2.24, 2.45) is 4.99 Å². The number of hydrogen-bond donors (Lipinski definition) is 2. The zero-order valence-electron chi connectivity index (χ0n) is 17.8. The first-order chi connectivity index (χ1) is 14.5. The van der Waals surface area contributed by atoms with Crippen molar-refractivity contribution < 1.29 is 9.53 Å². The highest BCUT2D eigenvalue weighted by atomic mass is 16.5. The summed E-state index contributed by atoms with van der Waals surface area (Å²) < 4.78 is 7.37. The van der Waals surface area contributed by atoms with Crippen LogP contribution in [0.25, 0.3) is 0 Å². The highest BCUT2D eigenvalue weighted by Gasteiger charge is 2.14. The number of ether oxygens (including phenoxy) is 1. The molecule has 2 N–H and O–H groups in total. The van der Waals surface area contributed by atoms with E-state index in [1.54, 1.807) is 19.2 Å². The molecule has 3 rings (SSSR count). The molecule has 0 radical (unpaired) electrons. The molecule has 0 aliphatic heterocycles. The molecule has 3 aromatic rings. The van der Waals surface area contributed by atoms with Crippen LogP contribution in [0, 0.1) is 13.8 Å². The fraction of sp³-hybridized carbons (Fsp3) is 0.261. The summed E-state index contributed by atoms with van der Waals surface area (Å²) in [5.41, 5.74) is 4.32. The first-order valence-corrected chi connectivity index (χ1v) is 9.87. The molecule has 0 bridgehead atoms. The van der Waals surface area contributed by atoms with Crippen molar-refractivity contribution in [3.8, 4) is 5.75 Å². The van der Waals surface area contributed by atoms with Gasteiger partial charge in [0, 0.05) is 23.4 Å². The number of nitrogens with one attached hydrogen (secondary N) is 2. The first-order valence-electron chi connectivity index (χ1n) is 9.87. The molecule has 1 aromatic heterocycles. The number of benzene rings is 2. The number of para-hydroxylation sites is 2. The van der Waals surface area contributed by atoms with Gasteiger partial charge in [0.1, 0.15) is 5.75 Å². The van der Waals surface area contributed by atoms with Crippen LogP contribution in [0.2, 0.25) is 0 Å². The van der Waals surface area contributed by atoms with Gasteiger partial charge < -0.3 is 10.1 Å². The van der Waals surface area contributed by atoms with Crippen LogP contribution in [0.4, 0.5) is 5.69 Å². The van der Waals surface area contributed by atoms with Crippen molar-refractivity contribution in [1.82, 2.24) is 15.1 Å². The molecular formula is C23H27N5O2. The molecule has 2 aromatic carbocycles. The van der Waals surface area contributed by atoms with E-state index in [1.165, 1.54) is 0 Å². The summed E-state index contributed by atoms with van der Waals surface area (Å²) in [5.74, 6) is 0.760. The quantitative estimate of drug-likeness (QED) is 0.481. The van der Waals surface area contributed by atoms with Gasteiger partial charge in [0.15, 0.2) is 0 Å². The first kappa shape index (κ1) is 21.1. The number of methoxy groups -OCH3 is 1. The van der Waals surface area contributed by atoms with E-state index in [-0.39, 0.29) is 5.91 Å². The van der Waals surface area contributed by atoms with Crippen molar-refractivity contribution in [3.63, 3.8) is 0 Å². The maximum atomic E-state index is 12.7. The molecule has 7 nitrogen and oxygen atoms in total. The molecular weight excluding hydrogens is 378 g/mol. The predicted octanol–water partition coefficient (Wildman–Crippen LogP) is 3.93. The van der Waals surface area contributed by atoms with Gasteiger partial charge in [0.25, 0.3) is 5.91 Å². The number of amides is 1. The average Bonchev–Trinajstić information content (AvgIpc) is 3.05. The summed E-state index contributed by atoms with van der Waals surface area (Å²) in [6.45, 7) is 7.25. The third-order valence-electron chi connectivity index (χ3n) is 4.85. The monoisotopic (exact) mass is 405 g/mol. The maximum Gasteiger partial charge on any atom is 0.257 e. The predicted molar refractivity (Wildman–Crippen MR) is 119 cm³/mol. The Labute approximate surface area is 176 Å². The molecule has 0 spiro atoms. The highest BCUT2D eigenvalue weighted by Crippen LogP contribution is 2.23. The average molecular weight is 406 g/mol. The van der Waals surface area contributed by atoms with E-state index in [2.05, 4.69) is 27.6 Å². The summed E-state index contributed by atoms with van der Waals surface area (Å²) in [7, 11) is 1.60. The van der Waals surface area contributed by atoms with Gasteiger partial charge in [0.05, 0.1) is 25.0 Å². The van der Waals surface area contributed by atoms with Gasteiger partial charge in [-0.05, 0) is 45.0 Å². The number of hydrogen-bond acceptors (Lipinski definition) is 4. The smallest absolute Gasteiger partial charge is 0.257 e. The van der Waals surface area contributed by atoms with Crippen LogP contribution in [-0.2, 0) is 13.1 Å². The minimum absolute atomic E-state index is 0.241. The Balaban J connectivity index is 1.89. The molecule has 1 heterocycles. The second-order valence-electron chi connectivity index (χ2n) is 6.78. The molecule has 30 heavy (non-hydrogen) atoms. The van der Waals surface area contributed by atoms with Crippen molar-refractivity contribution in [3.05, 3.63) is 77.1 Å². The summed E-state index contributed by atoms with van der Waals surface area (Å²) in [4.78, 5) is 17.4. The molecule has 156 valence electrons. The fourth-order valence-corrected chi connectivity index (χ4v) is 3.18. The Morgan fingerprint density at radius 2 is 1.80 bits per heavy atom. The topological polar surface area (TPSA) is 80.5 Å². The van der Waals surface area contributed by atoms with Crippen LogP contribution in [0.1, 0.15) is 34.2 Å². The number of guanidine groups is 1. The van der Waals surface area contributed by atoms with Gasteiger partial charge in [-0.2, -0.15) is 5.10 Å². The minimum Gasteiger partial charge on any atom is -0.495 e. The lowest BCUT2D eigenvalue weighted by Crippen LogP contribution is -2.36. The van der Waals surface area contributed by atoms with Crippen LogP contribution >= 0.6 is 0 Å². The molecule has 0 saturated heterocycles. The third-order valence-corrected chi connectivity index (χ3v) is 4.85. The van der Waals surface area contributed by atoms with Crippen LogP contribution in [-0.4, -0.2) is 28.8 Å². The zero-order valence-corrected chi connectivity index (χ0v) is 17.8. The van der Waals surface area contributed by atoms with E-state index in [0.29, 0.717) is 29.5 Å². The number of aromatic nitrogens is 2. The number of aryl methyl sites for hydroxylation is 2. The lowest BCUT2D eigenvalue weighted by molar-refractivity contribution is 0.0977. The standard InChI is InChI=1S/C23H27N5O2/c1-5-28-17(3)19(16(2)27-28)15-24-23(25-20-13-9-10-14-21(20)30-4)26-22(29)18-11-7-6-8-12-18/h6-14H,5,15H2,1-4H3,(H2,24,25,26,29).